The quantitative estimate of drug-likeness (QED) is 0.403. The molecule has 41 heavy (non-hydrogen) atoms. The fraction of sp³-hybridized carbons (Fsp3) is 0.448. The number of aryl methyl sites for hydroxylation is 1. The average Bonchev–Trinajstić information content (AvgIpc) is 3.13. The lowest BCUT2D eigenvalue weighted by atomic mass is 9.98. The topological polar surface area (TPSA) is 110 Å². The first-order valence-corrected chi connectivity index (χ1v) is 14.0. The number of fused-ring (bicyclic) bond motifs is 2. The number of nitriles is 1. The number of hydrogen-bond donors (Lipinski definition) is 0. The smallest absolute Gasteiger partial charge is 0.256 e. The van der Waals surface area contributed by atoms with E-state index in [-0.39, 0.29) is 78.1 Å². The number of likely N-dealkylation sites (tertiary alicyclic amines) is 1. The minimum absolute atomic E-state index is 0. The zero-order valence-electron chi connectivity index (χ0n) is 23.5. The number of rotatable bonds is 4. The fourth-order valence-electron chi connectivity index (χ4n) is 6.35. The molecule has 6 rings (SSSR count). The molecule has 3 amide bonds. The van der Waals surface area contributed by atoms with Crippen LogP contribution >= 0.6 is 36.2 Å². The second-order valence-electron chi connectivity index (χ2n) is 11.6. The van der Waals surface area contributed by atoms with Gasteiger partial charge in [0.1, 0.15) is 11.8 Å². The summed E-state index contributed by atoms with van der Waals surface area (Å²) in [4.78, 5) is 55.2. The molecule has 0 aromatic carbocycles. The van der Waals surface area contributed by atoms with Gasteiger partial charge in [-0.3, -0.25) is 24.3 Å². The van der Waals surface area contributed by atoms with Crippen LogP contribution < -0.4 is 0 Å². The van der Waals surface area contributed by atoms with Crippen LogP contribution in [0.25, 0.3) is 21.5 Å². The molecule has 3 fully saturated rings. The molecule has 0 N–H and O–H groups in total. The Kier molecular flexibility index (Phi) is 8.24. The van der Waals surface area contributed by atoms with Gasteiger partial charge < -0.3 is 9.80 Å². The van der Waals surface area contributed by atoms with Gasteiger partial charge in [-0.1, -0.05) is 13.8 Å². The summed E-state index contributed by atoms with van der Waals surface area (Å²) in [7, 11) is 2.05. The molecule has 1 aliphatic carbocycles. The summed E-state index contributed by atoms with van der Waals surface area (Å²) < 4.78 is 0.805. The van der Waals surface area contributed by atoms with Gasteiger partial charge >= 0.3 is 0 Å². The number of pyridine rings is 2. The number of piperidine rings is 1. The molecule has 216 valence electrons. The highest BCUT2D eigenvalue weighted by atomic mass is 35.5. The van der Waals surface area contributed by atoms with Crippen LogP contribution in [0.5, 0.6) is 0 Å². The summed E-state index contributed by atoms with van der Waals surface area (Å²) in [6.45, 7) is 10.2. The molecule has 3 atom stereocenters. The molecular weight excluding hydrogens is 583 g/mol. The lowest BCUT2D eigenvalue weighted by Crippen LogP contribution is -2.52. The molecule has 0 bridgehead atoms. The molecule has 9 nitrogen and oxygen atoms in total. The van der Waals surface area contributed by atoms with Crippen LogP contribution in [0.3, 0.4) is 0 Å². The van der Waals surface area contributed by atoms with Crippen molar-refractivity contribution in [2.75, 3.05) is 26.7 Å². The van der Waals surface area contributed by atoms with Crippen molar-refractivity contribution < 1.29 is 14.4 Å². The van der Waals surface area contributed by atoms with Gasteiger partial charge in [0.05, 0.1) is 39.9 Å². The molecule has 5 heterocycles. The van der Waals surface area contributed by atoms with E-state index in [4.69, 9.17) is 0 Å². The Labute approximate surface area is 255 Å². The molecule has 3 aliphatic rings. The summed E-state index contributed by atoms with van der Waals surface area (Å²) in [6.07, 6.45) is 1.67. The van der Waals surface area contributed by atoms with Gasteiger partial charge in [-0.25, -0.2) is 4.98 Å². The Morgan fingerprint density at radius 1 is 1.17 bits per heavy atom. The molecule has 0 spiro atoms. The third-order valence-electron chi connectivity index (χ3n) is 8.56. The zero-order chi connectivity index (χ0) is 27.8. The highest BCUT2D eigenvalue weighted by molar-refractivity contribution is 7.19. The number of amides is 3. The maximum atomic E-state index is 14.0. The summed E-state index contributed by atoms with van der Waals surface area (Å²) in [5, 5.41) is 9.68. The highest BCUT2D eigenvalue weighted by Crippen LogP contribution is 2.63. The first-order chi connectivity index (χ1) is 18.5. The summed E-state index contributed by atoms with van der Waals surface area (Å²) in [6, 6.07) is 7.54. The lowest BCUT2D eigenvalue weighted by Gasteiger charge is -2.38. The highest BCUT2D eigenvalue weighted by Gasteiger charge is 2.72. The van der Waals surface area contributed by atoms with Gasteiger partial charge in [-0.15, -0.1) is 36.2 Å². The van der Waals surface area contributed by atoms with Crippen molar-refractivity contribution in [1.82, 2.24) is 24.7 Å². The van der Waals surface area contributed by atoms with Crippen molar-refractivity contribution in [3.05, 3.63) is 46.1 Å². The van der Waals surface area contributed by atoms with E-state index in [1.54, 1.807) is 12.3 Å². The molecular formula is C29H32Cl2N6O3S. The van der Waals surface area contributed by atoms with E-state index in [0.717, 1.165) is 22.7 Å². The number of aromatic nitrogens is 2. The number of likely N-dealkylation sites (N-methyl/N-ethyl adjacent to an activating group) is 1. The molecule has 2 aliphatic heterocycles. The van der Waals surface area contributed by atoms with Crippen LogP contribution in [-0.2, 0) is 16.1 Å². The van der Waals surface area contributed by atoms with Crippen molar-refractivity contribution in [2.24, 2.45) is 17.3 Å². The van der Waals surface area contributed by atoms with Crippen LogP contribution in [0, 0.1) is 35.5 Å². The minimum atomic E-state index is -0.251. The predicted molar refractivity (Wildman–Crippen MR) is 161 cm³/mol. The number of thiophene rings is 1. The maximum absolute atomic E-state index is 14.0. The number of carbonyl (C=O) groups is 3. The molecule has 3 unspecified atom stereocenters. The third-order valence-corrected chi connectivity index (χ3v) is 9.70. The first kappa shape index (κ1) is 30.8. The van der Waals surface area contributed by atoms with Crippen molar-refractivity contribution in [2.45, 2.75) is 40.3 Å². The molecule has 3 aromatic heterocycles. The second kappa shape index (κ2) is 11.0. The van der Waals surface area contributed by atoms with E-state index < -0.39 is 0 Å². The average molecular weight is 616 g/mol. The van der Waals surface area contributed by atoms with Crippen LogP contribution in [0.15, 0.2) is 24.4 Å². The monoisotopic (exact) mass is 614 g/mol. The predicted octanol–water partition coefficient (Wildman–Crippen LogP) is 4.30. The van der Waals surface area contributed by atoms with Crippen LogP contribution in [0.4, 0.5) is 0 Å². The SMILES string of the molecule is Cc1cc(C#N)nc(-c2ccnc3cc(CN4C(=O)C5C(C4=O)C5(C)C)sc23)c1C(=O)N1CCN(C)CC1C.Cl.Cl. The van der Waals surface area contributed by atoms with E-state index in [0.29, 0.717) is 34.4 Å². The third kappa shape index (κ3) is 4.89. The molecule has 1 saturated carbocycles. The van der Waals surface area contributed by atoms with Gasteiger partial charge in [0.15, 0.2) is 0 Å². The summed E-state index contributed by atoms with van der Waals surface area (Å²) >= 11 is 1.44. The Morgan fingerprint density at radius 3 is 2.49 bits per heavy atom. The summed E-state index contributed by atoms with van der Waals surface area (Å²) in [5.41, 5.74) is 3.04. The Balaban J connectivity index is 0.00000194. The fourth-order valence-corrected chi connectivity index (χ4v) is 7.46. The van der Waals surface area contributed by atoms with E-state index >= 15 is 0 Å². The molecule has 3 aromatic rings. The normalized spacial score (nSPS) is 23.1. The summed E-state index contributed by atoms with van der Waals surface area (Å²) in [5.74, 6) is -0.751. The number of halogens is 2. The van der Waals surface area contributed by atoms with E-state index in [9.17, 15) is 19.6 Å². The second-order valence-corrected chi connectivity index (χ2v) is 12.7. The largest absolute Gasteiger partial charge is 0.333 e. The number of hydrogen-bond acceptors (Lipinski definition) is 8. The van der Waals surface area contributed by atoms with Gasteiger partial charge in [0.2, 0.25) is 11.8 Å². The van der Waals surface area contributed by atoms with Gasteiger partial charge in [0, 0.05) is 42.3 Å². The number of piperazine rings is 1. The van der Waals surface area contributed by atoms with E-state index in [1.165, 1.54) is 16.2 Å². The Hall–Kier alpha value is -3.10. The standard InChI is InChI=1S/C29H30N6O3S.2ClH/c1-15-10-17(12-30)32-24(21(15)26(36)34-9-8-33(5)13-16(34)2)19-6-7-31-20-11-18(39-25(19)20)14-35-27(37)22-23(28(35)38)29(22,3)4;;/h6-7,10-11,16,22-23H,8-9,13-14H2,1-5H3;2*1H. The van der Waals surface area contributed by atoms with Gasteiger partial charge in [-0.2, -0.15) is 5.26 Å². The minimum Gasteiger partial charge on any atom is -0.333 e. The van der Waals surface area contributed by atoms with Crippen molar-refractivity contribution in [3.63, 3.8) is 0 Å². The molecule has 12 heteroatoms. The number of carbonyl (C=O) groups excluding carboxylic acids is 3. The van der Waals surface area contributed by atoms with Crippen LogP contribution in [0.1, 0.15) is 47.3 Å². The van der Waals surface area contributed by atoms with E-state index in [2.05, 4.69) is 20.9 Å². The Morgan fingerprint density at radius 2 is 1.85 bits per heavy atom. The zero-order valence-corrected chi connectivity index (χ0v) is 26.0. The van der Waals surface area contributed by atoms with E-state index in [1.807, 2.05) is 51.8 Å². The van der Waals surface area contributed by atoms with Crippen LogP contribution in [-0.4, -0.2) is 75.1 Å². The van der Waals surface area contributed by atoms with Crippen LogP contribution in [0.2, 0.25) is 0 Å². The van der Waals surface area contributed by atoms with Gasteiger partial charge in [0.25, 0.3) is 5.91 Å². The van der Waals surface area contributed by atoms with Crippen molar-refractivity contribution in [3.8, 4) is 17.3 Å². The number of imide groups is 1. The number of nitrogens with zero attached hydrogens (tertiary/aromatic N) is 6. The van der Waals surface area contributed by atoms with Crippen molar-refractivity contribution >= 4 is 64.1 Å². The van der Waals surface area contributed by atoms with Crippen molar-refractivity contribution in [1.29, 1.82) is 5.26 Å². The first-order valence-electron chi connectivity index (χ1n) is 13.2. The Bertz CT molecular complexity index is 1590. The maximum Gasteiger partial charge on any atom is 0.256 e. The lowest BCUT2D eigenvalue weighted by molar-refractivity contribution is -0.143. The molecule has 0 radical (unpaired) electrons. The molecule has 2 saturated heterocycles. The van der Waals surface area contributed by atoms with Gasteiger partial charge in [-0.05, 0) is 50.1 Å².